The number of aliphatic hydroxyl groups is 1. The lowest BCUT2D eigenvalue weighted by Crippen LogP contribution is -2.41. The van der Waals surface area contributed by atoms with Crippen molar-refractivity contribution in [3.05, 3.63) is 103 Å². The molecule has 162 valence electrons. The molecule has 1 aliphatic heterocycles. The second-order valence-corrected chi connectivity index (χ2v) is 8.73. The molecule has 0 aliphatic carbocycles. The molecule has 0 spiro atoms. The van der Waals surface area contributed by atoms with Crippen LogP contribution in [0.5, 0.6) is 0 Å². The Bertz CT molecular complexity index is 1250. The predicted octanol–water partition coefficient (Wildman–Crippen LogP) is 5.02. The molecule has 1 atom stereocenters. The topological polar surface area (TPSA) is 101 Å². The molecule has 7 nitrogen and oxygen atoms in total. The highest BCUT2D eigenvalue weighted by Crippen LogP contribution is 2.45. The first kappa shape index (κ1) is 22.1. The number of fused-ring (bicyclic) bond motifs is 1. The van der Waals surface area contributed by atoms with E-state index < -0.39 is 28.6 Å². The minimum absolute atomic E-state index is 0.126. The standard InChI is InChI=1S/C23H16BrClN2O5/c24-16-7-10-20-18(11-16)23(30,12-21(28)14-5-8-17(9-6-14)27(31)32)22(29)26(20)13-15-3-1-2-4-19(15)25/h1-11,30H,12-13H2/t23-/m1/s1. The third-order valence-electron chi connectivity index (χ3n) is 5.40. The summed E-state index contributed by atoms with van der Waals surface area (Å²) in [6.07, 6.45) is -0.508. The van der Waals surface area contributed by atoms with E-state index in [1.807, 2.05) is 0 Å². The van der Waals surface area contributed by atoms with Crippen LogP contribution in [0.3, 0.4) is 0 Å². The average Bonchev–Trinajstić information content (AvgIpc) is 2.96. The van der Waals surface area contributed by atoms with Gasteiger partial charge in [0.25, 0.3) is 11.6 Å². The minimum atomic E-state index is -2.08. The van der Waals surface area contributed by atoms with Gasteiger partial charge in [-0.15, -0.1) is 0 Å². The Hall–Kier alpha value is -3.07. The van der Waals surface area contributed by atoms with Crippen LogP contribution in [0.4, 0.5) is 11.4 Å². The molecule has 1 heterocycles. The van der Waals surface area contributed by atoms with E-state index >= 15 is 0 Å². The normalized spacial score (nSPS) is 17.3. The molecule has 0 bridgehead atoms. The number of carbonyl (C=O) groups excluding carboxylic acids is 2. The van der Waals surface area contributed by atoms with Crippen molar-refractivity contribution in [2.45, 2.75) is 18.6 Å². The van der Waals surface area contributed by atoms with Gasteiger partial charge in [0, 0.05) is 32.8 Å². The van der Waals surface area contributed by atoms with Crippen LogP contribution in [0.2, 0.25) is 5.02 Å². The number of carbonyl (C=O) groups is 2. The highest BCUT2D eigenvalue weighted by atomic mass is 79.9. The lowest BCUT2D eigenvalue weighted by molar-refractivity contribution is -0.384. The van der Waals surface area contributed by atoms with Gasteiger partial charge in [0.05, 0.1) is 23.6 Å². The molecule has 0 radical (unpaired) electrons. The molecule has 3 aromatic rings. The summed E-state index contributed by atoms with van der Waals surface area (Å²) in [5, 5.41) is 22.8. The lowest BCUT2D eigenvalue weighted by Gasteiger charge is -2.23. The fourth-order valence-corrected chi connectivity index (χ4v) is 4.31. The van der Waals surface area contributed by atoms with Crippen LogP contribution in [-0.4, -0.2) is 21.7 Å². The van der Waals surface area contributed by atoms with Gasteiger partial charge in [0.15, 0.2) is 11.4 Å². The van der Waals surface area contributed by atoms with Crippen LogP contribution < -0.4 is 4.90 Å². The Morgan fingerprint density at radius 2 is 1.81 bits per heavy atom. The fraction of sp³-hybridized carbons (Fsp3) is 0.130. The quantitative estimate of drug-likeness (QED) is 0.282. The number of halogens is 2. The maximum atomic E-state index is 13.4. The first-order chi connectivity index (χ1) is 15.2. The van der Waals surface area contributed by atoms with Crippen molar-refractivity contribution in [1.29, 1.82) is 0 Å². The van der Waals surface area contributed by atoms with Crippen LogP contribution in [0.25, 0.3) is 0 Å². The molecule has 1 N–H and O–H groups in total. The van der Waals surface area contributed by atoms with Crippen LogP contribution in [-0.2, 0) is 16.9 Å². The molecule has 0 unspecified atom stereocenters. The largest absolute Gasteiger partial charge is 0.375 e. The van der Waals surface area contributed by atoms with Gasteiger partial charge in [0.1, 0.15) is 0 Å². The van der Waals surface area contributed by atoms with E-state index in [1.165, 1.54) is 29.2 Å². The van der Waals surface area contributed by atoms with Crippen molar-refractivity contribution < 1.29 is 19.6 Å². The van der Waals surface area contributed by atoms with Crippen LogP contribution >= 0.6 is 27.5 Å². The molecule has 0 saturated heterocycles. The predicted molar refractivity (Wildman–Crippen MR) is 123 cm³/mol. The Kier molecular flexibility index (Phi) is 5.85. The third-order valence-corrected chi connectivity index (χ3v) is 6.26. The summed E-state index contributed by atoms with van der Waals surface area (Å²) in [5.74, 6) is -1.15. The van der Waals surface area contributed by atoms with Gasteiger partial charge in [-0.25, -0.2) is 0 Å². The number of ketones is 1. The maximum absolute atomic E-state index is 13.4. The number of anilines is 1. The Balaban J connectivity index is 1.69. The maximum Gasteiger partial charge on any atom is 0.269 e. The summed E-state index contributed by atoms with van der Waals surface area (Å²) in [6, 6.07) is 17.2. The van der Waals surface area contributed by atoms with Gasteiger partial charge in [0.2, 0.25) is 0 Å². The smallest absolute Gasteiger partial charge is 0.269 e. The minimum Gasteiger partial charge on any atom is -0.375 e. The molecule has 1 amide bonds. The number of amides is 1. The monoisotopic (exact) mass is 514 g/mol. The fourth-order valence-electron chi connectivity index (χ4n) is 3.75. The number of nitrogens with zero attached hydrogens (tertiary/aromatic N) is 2. The number of rotatable bonds is 6. The number of hydrogen-bond acceptors (Lipinski definition) is 5. The summed E-state index contributed by atoms with van der Waals surface area (Å²) < 4.78 is 0.643. The van der Waals surface area contributed by atoms with Gasteiger partial charge in [-0.2, -0.15) is 0 Å². The Morgan fingerprint density at radius 3 is 2.47 bits per heavy atom. The second kappa shape index (κ2) is 8.46. The number of benzene rings is 3. The summed E-state index contributed by atoms with van der Waals surface area (Å²) in [4.78, 5) is 38.0. The average molecular weight is 516 g/mol. The van der Waals surface area contributed by atoms with Crippen LogP contribution in [0.15, 0.2) is 71.2 Å². The molecule has 0 aromatic heterocycles. The molecule has 9 heteroatoms. The molecule has 32 heavy (non-hydrogen) atoms. The Morgan fingerprint density at radius 1 is 1.12 bits per heavy atom. The number of hydrogen-bond donors (Lipinski definition) is 1. The van der Waals surface area contributed by atoms with Gasteiger partial charge < -0.3 is 10.0 Å². The molecular formula is C23H16BrClN2O5. The zero-order valence-corrected chi connectivity index (χ0v) is 18.8. The van der Waals surface area contributed by atoms with Gasteiger partial charge in [-0.1, -0.05) is 45.7 Å². The van der Waals surface area contributed by atoms with Crippen LogP contribution in [0.1, 0.15) is 27.9 Å². The number of nitro benzene ring substituents is 1. The number of nitro groups is 1. The van der Waals surface area contributed by atoms with Crippen molar-refractivity contribution in [2.24, 2.45) is 0 Å². The number of non-ortho nitro benzene ring substituents is 1. The zero-order chi connectivity index (χ0) is 23.0. The highest BCUT2D eigenvalue weighted by Gasteiger charge is 2.51. The van der Waals surface area contributed by atoms with E-state index in [0.29, 0.717) is 26.3 Å². The van der Waals surface area contributed by atoms with E-state index in [-0.39, 0.29) is 17.8 Å². The molecule has 3 aromatic carbocycles. The van der Waals surface area contributed by atoms with Crippen molar-refractivity contribution in [2.75, 3.05) is 4.90 Å². The summed E-state index contributed by atoms with van der Waals surface area (Å²) >= 11 is 9.62. The SMILES string of the molecule is O=C(C[C@]1(O)C(=O)N(Cc2ccccc2Cl)c2ccc(Br)cc21)c1ccc([N+](=O)[O-])cc1. The van der Waals surface area contributed by atoms with Crippen molar-refractivity contribution in [3.8, 4) is 0 Å². The first-order valence-corrected chi connectivity index (χ1v) is 10.7. The van der Waals surface area contributed by atoms with E-state index in [4.69, 9.17) is 11.6 Å². The van der Waals surface area contributed by atoms with Crippen molar-refractivity contribution in [3.63, 3.8) is 0 Å². The summed E-state index contributed by atoms with van der Waals surface area (Å²) in [5.41, 5.74) is -0.590. The molecule has 4 rings (SSSR count). The van der Waals surface area contributed by atoms with Gasteiger partial charge >= 0.3 is 0 Å². The lowest BCUT2D eigenvalue weighted by atomic mass is 9.88. The second-order valence-electron chi connectivity index (χ2n) is 7.41. The third kappa shape index (κ3) is 3.92. The Labute approximate surface area is 196 Å². The van der Waals surface area contributed by atoms with E-state index in [9.17, 15) is 24.8 Å². The van der Waals surface area contributed by atoms with Gasteiger partial charge in [-0.3, -0.25) is 19.7 Å². The first-order valence-electron chi connectivity index (χ1n) is 9.56. The van der Waals surface area contributed by atoms with E-state index in [0.717, 1.165) is 0 Å². The summed E-state index contributed by atoms with van der Waals surface area (Å²) in [7, 11) is 0. The van der Waals surface area contributed by atoms with E-state index in [2.05, 4.69) is 15.9 Å². The zero-order valence-electron chi connectivity index (χ0n) is 16.5. The summed E-state index contributed by atoms with van der Waals surface area (Å²) in [6.45, 7) is 0.126. The van der Waals surface area contributed by atoms with Crippen molar-refractivity contribution >= 4 is 50.6 Å². The molecule has 1 aliphatic rings. The highest BCUT2D eigenvalue weighted by molar-refractivity contribution is 9.10. The van der Waals surface area contributed by atoms with Crippen LogP contribution in [0, 0.1) is 10.1 Å². The molecular weight excluding hydrogens is 500 g/mol. The number of Topliss-reactive ketones (excluding diaryl/α,β-unsaturated/α-hetero) is 1. The van der Waals surface area contributed by atoms with E-state index in [1.54, 1.807) is 42.5 Å². The van der Waals surface area contributed by atoms with Gasteiger partial charge in [-0.05, 0) is 42.0 Å². The molecule has 0 fully saturated rings. The molecule has 0 saturated carbocycles. The van der Waals surface area contributed by atoms with Crippen molar-refractivity contribution in [1.82, 2.24) is 0 Å².